The Kier molecular flexibility index (Phi) is 8.36. The Morgan fingerprint density at radius 3 is 2.24 bits per heavy atom. The number of para-hydroxylation sites is 1. The molecule has 3 aromatic rings. The van der Waals surface area contributed by atoms with Crippen LogP contribution < -0.4 is 13.8 Å². The minimum Gasteiger partial charge on any atom is -0.494 e. The second-order valence-electron chi connectivity index (χ2n) is 7.26. The zero-order valence-electron chi connectivity index (χ0n) is 18.5. The van der Waals surface area contributed by atoms with E-state index in [1.807, 2.05) is 38.1 Å². The first kappa shape index (κ1) is 24.6. The van der Waals surface area contributed by atoms with Crippen LogP contribution >= 0.6 is 11.6 Å². The van der Waals surface area contributed by atoms with Gasteiger partial charge in [-0.05, 0) is 80.4 Å². The van der Waals surface area contributed by atoms with Crippen LogP contribution in [0.25, 0.3) is 0 Å². The van der Waals surface area contributed by atoms with Crippen molar-refractivity contribution in [2.75, 3.05) is 17.5 Å². The summed E-state index contributed by atoms with van der Waals surface area (Å²) in [5.74, 6) is 0.772. The molecule has 0 unspecified atom stereocenters. The number of amides is 1. The molecule has 0 atom stereocenters. The molecule has 0 heterocycles. The Bertz CT molecular complexity index is 1180. The minimum absolute atomic E-state index is 0.00802. The number of halogens is 1. The third-order valence-electron chi connectivity index (χ3n) is 4.85. The van der Waals surface area contributed by atoms with Crippen LogP contribution in [0.4, 0.5) is 5.69 Å². The molecular formula is C25H26ClNO5S. The molecule has 6 nitrogen and oxygen atoms in total. The molecule has 0 bridgehead atoms. The summed E-state index contributed by atoms with van der Waals surface area (Å²) in [6.45, 7) is 4.56. The number of hydrogen-bond acceptors (Lipinski definition) is 5. The summed E-state index contributed by atoms with van der Waals surface area (Å²) >= 11 is 5.91. The lowest BCUT2D eigenvalue weighted by molar-refractivity contribution is -0.117. The number of hydrogen-bond donors (Lipinski definition) is 0. The molecule has 0 aliphatic rings. The van der Waals surface area contributed by atoms with Crippen LogP contribution in [0.15, 0.2) is 77.7 Å². The van der Waals surface area contributed by atoms with Crippen LogP contribution in [0, 0.1) is 6.92 Å². The maximum atomic E-state index is 13.4. The highest BCUT2D eigenvalue weighted by atomic mass is 35.5. The summed E-state index contributed by atoms with van der Waals surface area (Å²) in [4.78, 5) is 13.1. The number of carbonyl (C=O) groups is 1. The zero-order chi connectivity index (χ0) is 23.8. The van der Waals surface area contributed by atoms with Gasteiger partial charge >= 0.3 is 0 Å². The molecule has 0 N–H and O–H groups in total. The molecule has 0 saturated heterocycles. The SMILES string of the molecule is CCOc1ccc(N(C(=O)CCCOc2ccccc2C)S(=O)(=O)c2ccc(Cl)cc2)cc1. The smallest absolute Gasteiger partial charge is 0.270 e. The van der Waals surface area contributed by atoms with E-state index in [0.717, 1.165) is 15.6 Å². The van der Waals surface area contributed by atoms with Gasteiger partial charge in [-0.25, -0.2) is 12.7 Å². The number of anilines is 1. The van der Waals surface area contributed by atoms with Gasteiger partial charge in [0.25, 0.3) is 10.0 Å². The Labute approximate surface area is 199 Å². The monoisotopic (exact) mass is 487 g/mol. The topological polar surface area (TPSA) is 72.9 Å². The average Bonchev–Trinajstić information content (AvgIpc) is 2.79. The molecule has 8 heteroatoms. The van der Waals surface area contributed by atoms with E-state index < -0.39 is 15.9 Å². The third kappa shape index (κ3) is 6.27. The highest BCUT2D eigenvalue weighted by Crippen LogP contribution is 2.28. The van der Waals surface area contributed by atoms with Crippen LogP contribution in [-0.2, 0) is 14.8 Å². The number of nitrogens with zero attached hydrogens (tertiary/aromatic N) is 1. The van der Waals surface area contributed by atoms with E-state index in [2.05, 4.69) is 0 Å². The quantitative estimate of drug-likeness (QED) is 0.346. The zero-order valence-corrected chi connectivity index (χ0v) is 20.1. The van der Waals surface area contributed by atoms with Crippen molar-refractivity contribution in [1.82, 2.24) is 0 Å². The molecular weight excluding hydrogens is 462 g/mol. The molecule has 0 aliphatic carbocycles. The van der Waals surface area contributed by atoms with Crippen molar-refractivity contribution in [2.45, 2.75) is 31.6 Å². The van der Waals surface area contributed by atoms with E-state index in [1.54, 1.807) is 24.3 Å². The van der Waals surface area contributed by atoms with Gasteiger partial charge in [0.05, 0.1) is 23.8 Å². The van der Waals surface area contributed by atoms with E-state index in [-0.39, 0.29) is 23.6 Å². The maximum absolute atomic E-state index is 13.4. The average molecular weight is 488 g/mol. The Morgan fingerprint density at radius 1 is 0.939 bits per heavy atom. The van der Waals surface area contributed by atoms with Gasteiger partial charge in [-0.1, -0.05) is 29.8 Å². The van der Waals surface area contributed by atoms with Crippen molar-refractivity contribution >= 4 is 33.2 Å². The second-order valence-corrected chi connectivity index (χ2v) is 9.48. The predicted octanol–water partition coefficient (Wildman–Crippen LogP) is 5.63. The highest BCUT2D eigenvalue weighted by molar-refractivity contribution is 7.93. The van der Waals surface area contributed by atoms with E-state index >= 15 is 0 Å². The van der Waals surface area contributed by atoms with Gasteiger partial charge in [0.15, 0.2) is 0 Å². The molecule has 0 spiro atoms. The minimum atomic E-state index is -4.15. The van der Waals surface area contributed by atoms with Gasteiger partial charge in [0, 0.05) is 11.4 Å². The molecule has 0 radical (unpaired) electrons. The van der Waals surface area contributed by atoms with Gasteiger partial charge < -0.3 is 9.47 Å². The molecule has 3 aromatic carbocycles. The van der Waals surface area contributed by atoms with Gasteiger partial charge in [-0.3, -0.25) is 4.79 Å². The largest absolute Gasteiger partial charge is 0.494 e. The van der Waals surface area contributed by atoms with Crippen LogP contribution in [0.1, 0.15) is 25.3 Å². The number of sulfonamides is 1. The van der Waals surface area contributed by atoms with Crippen molar-refractivity contribution < 1.29 is 22.7 Å². The highest BCUT2D eigenvalue weighted by Gasteiger charge is 2.30. The molecule has 33 heavy (non-hydrogen) atoms. The lowest BCUT2D eigenvalue weighted by Crippen LogP contribution is -2.37. The summed E-state index contributed by atoms with van der Waals surface area (Å²) < 4.78 is 38.8. The van der Waals surface area contributed by atoms with Gasteiger partial charge in [0.1, 0.15) is 11.5 Å². The van der Waals surface area contributed by atoms with Crippen LogP contribution in [-0.4, -0.2) is 27.5 Å². The summed E-state index contributed by atoms with van der Waals surface area (Å²) in [5, 5.41) is 0.404. The first-order valence-corrected chi connectivity index (χ1v) is 12.4. The van der Waals surface area contributed by atoms with E-state index in [9.17, 15) is 13.2 Å². The van der Waals surface area contributed by atoms with Crippen molar-refractivity contribution in [3.8, 4) is 11.5 Å². The number of carbonyl (C=O) groups excluding carboxylic acids is 1. The first-order chi connectivity index (χ1) is 15.8. The molecule has 174 valence electrons. The van der Waals surface area contributed by atoms with Gasteiger partial charge in [0.2, 0.25) is 5.91 Å². The molecule has 0 aliphatic heterocycles. The van der Waals surface area contributed by atoms with Crippen molar-refractivity contribution in [3.05, 3.63) is 83.4 Å². The van der Waals surface area contributed by atoms with E-state index in [1.165, 1.54) is 24.3 Å². The fourth-order valence-electron chi connectivity index (χ4n) is 3.20. The lowest BCUT2D eigenvalue weighted by atomic mass is 10.2. The fraction of sp³-hybridized carbons (Fsp3) is 0.240. The maximum Gasteiger partial charge on any atom is 0.270 e. The molecule has 1 amide bonds. The van der Waals surface area contributed by atoms with Crippen molar-refractivity contribution in [1.29, 1.82) is 0 Å². The first-order valence-electron chi connectivity index (χ1n) is 10.6. The number of rotatable bonds is 10. The summed E-state index contributed by atoms with van der Waals surface area (Å²) in [6, 6.07) is 19.7. The van der Waals surface area contributed by atoms with Crippen LogP contribution in [0.2, 0.25) is 5.02 Å². The van der Waals surface area contributed by atoms with Crippen LogP contribution in [0.3, 0.4) is 0 Å². The van der Waals surface area contributed by atoms with Gasteiger partial charge in [-0.15, -0.1) is 0 Å². The van der Waals surface area contributed by atoms with Crippen molar-refractivity contribution in [3.63, 3.8) is 0 Å². The van der Waals surface area contributed by atoms with E-state index in [4.69, 9.17) is 21.1 Å². The summed E-state index contributed by atoms with van der Waals surface area (Å²) in [5.41, 5.74) is 1.23. The Hall–Kier alpha value is -3.03. The predicted molar refractivity (Wildman–Crippen MR) is 130 cm³/mol. The number of benzene rings is 3. The normalized spacial score (nSPS) is 11.1. The molecule has 3 rings (SSSR count). The molecule has 0 saturated carbocycles. The Balaban J connectivity index is 1.80. The Morgan fingerprint density at radius 2 is 1.61 bits per heavy atom. The summed E-state index contributed by atoms with van der Waals surface area (Å²) in [7, 11) is -4.15. The standard InChI is InChI=1S/C25H26ClNO5S/c1-3-31-22-14-12-21(13-15-22)27(33(29,30)23-16-10-20(26)11-17-23)25(28)9-6-18-32-24-8-5-4-7-19(24)2/h4-5,7-8,10-17H,3,6,9,18H2,1-2H3. The van der Waals surface area contributed by atoms with Gasteiger partial charge in [-0.2, -0.15) is 0 Å². The fourth-order valence-corrected chi connectivity index (χ4v) is 4.77. The summed E-state index contributed by atoms with van der Waals surface area (Å²) in [6.07, 6.45) is 0.350. The lowest BCUT2D eigenvalue weighted by Gasteiger charge is -2.23. The van der Waals surface area contributed by atoms with Crippen molar-refractivity contribution in [2.24, 2.45) is 0 Å². The number of aryl methyl sites for hydroxylation is 1. The van der Waals surface area contributed by atoms with E-state index in [0.29, 0.717) is 23.8 Å². The number of ether oxygens (including phenoxy) is 2. The molecule has 0 fully saturated rings. The second kappa shape index (κ2) is 11.2. The third-order valence-corrected chi connectivity index (χ3v) is 6.86. The van der Waals surface area contributed by atoms with Crippen LogP contribution in [0.5, 0.6) is 11.5 Å². The molecule has 0 aromatic heterocycles.